The van der Waals surface area contributed by atoms with Crippen LogP contribution >= 0.6 is 34.5 Å². The lowest BCUT2D eigenvalue weighted by Gasteiger charge is -2.07. The van der Waals surface area contributed by atoms with Gasteiger partial charge in [0.2, 0.25) is 0 Å². The van der Waals surface area contributed by atoms with E-state index in [4.69, 9.17) is 28.9 Å². The molecule has 0 aliphatic rings. The largest absolute Gasteiger partial charge is 0.327 e. The van der Waals surface area contributed by atoms with Crippen LogP contribution in [0, 0.1) is 5.92 Å². The summed E-state index contributed by atoms with van der Waals surface area (Å²) in [7, 11) is 0. The molecule has 0 aliphatic heterocycles. The predicted molar refractivity (Wildman–Crippen MR) is 66.2 cm³/mol. The van der Waals surface area contributed by atoms with Crippen molar-refractivity contribution in [3.63, 3.8) is 0 Å². The molecule has 1 rings (SSSR count). The van der Waals surface area contributed by atoms with Crippen molar-refractivity contribution in [2.24, 2.45) is 11.7 Å². The minimum absolute atomic E-state index is 0.440. The molecule has 0 saturated heterocycles. The third-order valence-corrected chi connectivity index (χ3v) is 3.52. The van der Waals surface area contributed by atoms with E-state index in [1.807, 2.05) is 12.1 Å². The Morgan fingerprint density at radius 3 is 2.57 bits per heavy atom. The number of rotatable bonds is 3. The molecule has 78 valence electrons. The second-order valence-electron chi connectivity index (χ2n) is 3.36. The first-order chi connectivity index (χ1) is 6.54. The van der Waals surface area contributed by atoms with Gasteiger partial charge in [0.1, 0.15) is 4.34 Å². The van der Waals surface area contributed by atoms with E-state index in [0.29, 0.717) is 16.8 Å². The highest BCUT2D eigenvalue weighted by Crippen LogP contribution is 2.33. The molecule has 0 bridgehead atoms. The average molecular weight is 250 g/mol. The van der Waals surface area contributed by atoms with E-state index >= 15 is 0 Å². The Balaban J connectivity index is 3.00. The van der Waals surface area contributed by atoms with Crippen molar-refractivity contribution in [2.45, 2.75) is 13.8 Å². The minimum Gasteiger partial charge on any atom is -0.327 e. The molecule has 0 amide bonds. The number of thiophene rings is 1. The highest BCUT2D eigenvalue weighted by atomic mass is 35.5. The van der Waals surface area contributed by atoms with Crippen LogP contribution in [-0.2, 0) is 0 Å². The Bertz CT molecular complexity index is 342. The van der Waals surface area contributed by atoms with E-state index in [1.165, 1.54) is 16.9 Å². The van der Waals surface area contributed by atoms with Gasteiger partial charge in [0.25, 0.3) is 0 Å². The summed E-state index contributed by atoms with van der Waals surface area (Å²) in [4.78, 5) is 0. The van der Waals surface area contributed by atoms with Crippen LogP contribution in [0.1, 0.15) is 19.4 Å². The normalized spacial score (nSPS) is 12.6. The Morgan fingerprint density at radius 2 is 2.21 bits per heavy atom. The number of hydrogen-bond donors (Lipinski definition) is 1. The summed E-state index contributed by atoms with van der Waals surface area (Å²) in [6, 6.07) is 1.87. The van der Waals surface area contributed by atoms with Gasteiger partial charge in [-0.2, -0.15) is 0 Å². The van der Waals surface area contributed by atoms with Gasteiger partial charge >= 0.3 is 0 Å². The summed E-state index contributed by atoms with van der Waals surface area (Å²) in [5.41, 5.74) is 7.79. The molecule has 0 radical (unpaired) electrons. The van der Waals surface area contributed by atoms with Crippen LogP contribution in [-0.4, -0.2) is 6.54 Å². The summed E-state index contributed by atoms with van der Waals surface area (Å²) >= 11 is 13.2. The van der Waals surface area contributed by atoms with Crippen LogP contribution in [0.3, 0.4) is 0 Å². The van der Waals surface area contributed by atoms with Crippen molar-refractivity contribution in [1.29, 1.82) is 0 Å². The van der Waals surface area contributed by atoms with E-state index in [0.717, 1.165) is 9.90 Å². The van der Waals surface area contributed by atoms with Gasteiger partial charge in [0.05, 0.1) is 4.34 Å². The van der Waals surface area contributed by atoms with Gasteiger partial charge in [-0.15, -0.1) is 11.3 Å². The Kier molecular flexibility index (Phi) is 4.45. The lowest BCUT2D eigenvalue weighted by molar-refractivity contribution is 0.753. The predicted octanol–water partition coefficient (Wildman–Crippen LogP) is 4.05. The van der Waals surface area contributed by atoms with Gasteiger partial charge in [-0.25, -0.2) is 0 Å². The van der Waals surface area contributed by atoms with Gasteiger partial charge in [-0.05, 0) is 12.0 Å². The van der Waals surface area contributed by atoms with Crippen molar-refractivity contribution in [2.75, 3.05) is 6.54 Å². The zero-order valence-corrected chi connectivity index (χ0v) is 10.5. The van der Waals surface area contributed by atoms with E-state index in [2.05, 4.69) is 13.8 Å². The molecule has 0 saturated carbocycles. The monoisotopic (exact) mass is 249 g/mol. The van der Waals surface area contributed by atoms with Crippen LogP contribution < -0.4 is 5.73 Å². The lowest BCUT2D eigenvalue weighted by Crippen LogP contribution is -2.07. The Morgan fingerprint density at radius 1 is 1.57 bits per heavy atom. The fraction of sp³-hybridized carbons (Fsp3) is 0.400. The molecule has 1 aromatic rings. The van der Waals surface area contributed by atoms with Crippen molar-refractivity contribution < 1.29 is 0 Å². The van der Waals surface area contributed by atoms with Gasteiger partial charge < -0.3 is 5.73 Å². The molecule has 0 unspecified atom stereocenters. The lowest BCUT2D eigenvalue weighted by atomic mass is 10.0. The smallest absolute Gasteiger partial charge is 0.102 e. The maximum absolute atomic E-state index is 6.00. The van der Waals surface area contributed by atoms with E-state index < -0.39 is 0 Å². The van der Waals surface area contributed by atoms with Crippen LogP contribution in [0.15, 0.2) is 11.6 Å². The molecular weight excluding hydrogens is 237 g/mol. The van der Waals surface area contributed by atoms with Crippen LogP contribution in [0.25, 0.3) is 6.08 Å². The maximum atomic E-state index is 6.00. The molecule has 1 nitrogen and oxygen atoms in total. The summed E-state index contributed by atoms with van der Waals surface area (Å²) in [6.45, 7) is 4.78. The first kappa shape index (κ1) is 12.1. The molecular formula is C10H13Cl2NS. The third-order valence-electron chi connectivity index (χ3n) is 2.00. The van der Waals surface area contributed by atoms with Gasteiger partial charge in [-0.1, -0.05) is 48.7 Å². The highest BCUT2D eigenvalue weighted by Gasteiger charge is 2.06. The summed E-state index contributed by atoms with van der Waals surface area (Å²) in [5.74, 6) is 0.440. The minimum atomic E-state index is 0.440. The van der Waals surface area contributed by atoms with Crippen molar-refractivity contribution in [1.82, 2.24) is 0 Å². The number of hydrogen-bond acceptors (Lipinski definition) is 2. The van der Waals surface area contributed by atoms with Crippen LogP contribution in [0.4, 0.5) is 0 Å². The van der Waals surface area contributed by atoms with Crippen LogP contribution in [0.5, 0.6) is 0 Å². The van der Waals surface area contributed by atoms with Crippen molar-refractivity contribution in [3.8, 4) is 0 Å². The fourth-order valence-electron chi connectivity index (χ4n) is 1.11. The maximum Gasteiger partial charge on any atom is 0.102 e. The molecule has 1 heterocycles. The first-order valence-corrected chi connectivity index (χ1v) is 5.97. The Hall–Kier alpha value is -0.0200. The molecule has 1 aromatic heterocycles. The standard InChI is InChI=1S/C10H13Cl2NS/c1-6(2)8(5-13)3-7-4-9(11)14-10(7)12/h3-4,6H,5,13H2,1-2H3/b8-3+. The van der Waals surface area contributed by atoms with Gasteiger partial charge in [-0.3, -0.25) is 0 Å². The van der Waals surface area contributed by atoms with E-state index in [9.17, 15) is 0 Å². The van der Waals surface area contributed by atoms with Gasteiger partial charge in [0.15, 0.2) is 0 Å². The summed E-state index contributed by atoms with van der Waals surface area (Å²) in [6.07, 6.45) is 2.02. The molecule has 0 atom stereocenters. The zero-order chi connectivity index (χ0) is 10.7. The van der Waals surface area contributed by atoms with Crippen molar-refractivity contribution >= 4 is 40.6 Å². The average Bonchev–Trinajstić information content (AvgIpc) is 2.40. The molecule has 0 spiro atoms. The number of nitrogens with two attached hydrogens (primary N) is 1. The second-order valence-corrected chi connectivity index (χ2v) is 5.64. The molecule has 4 heteroatoms. The Labute approximate surface area is 98.5 Å². The molecule has 14 heavy (non-hydrogen) atoms. The summed E-state index contributed by atoms with van der Waals surface area (Å²) in [5, 5.41) is 0. The topological polar surface area (TPSA) is 26.0 Å². The number of halogens is 2. The molecule has 0 aliphatic carbocycles. The third kappa shape index (κ3) is 2.99. The first-order valence-electron chi connectivity index (χ1n) is 4.40. The highest BCUT2D eigenvalue weighted by molar-refractivity contribution is 7.20. The summed E-state index contributed by atoms with van der Waals surface area (Å²) < 4.78 is 1.43. The fourth-order valence-corrected chi connectivity index (χ4v) is 2.53. The van der Waals surface area contributed by atoms with Crippen molar-refractivity contribution in [3.05, 3.63) is 25.9 Å². The quantitative estimate of drug-likeness (QED) is 0.860. The molecule has 0 fully saturated rings. The SMILES string of the molecule is CC(C)/C(=C/c1cc(Cl)sc1Cl)CN. The molecule has 0 aromatic carbocycles. The van der Waals surface area contributed by atoms with E-state index in [1.54, 1.807) is 0 Å². The molecule has 2 N–H and O–H groups in total. The van der Waals surface area contributed by atoms with Gasteiger partial charge in [0, 0.05) is 12.1 Å². The second kappa shape index (κ2) is 5.17. The van der Waals surface area contributed by atoms with Crippen LogP contribution in [0.2, 0.25) is 8.67 Å². The zero-order valence-electron chi connectivity index (χ0n) is 8.18. The van der Waals surface area contributed by atoms with E-state index in [-0.39, 0.29) is 0 Å².